The second-order valence-electron chi connectivity index (χ2n) is 4.28. The molecule has 1 heterocycles. The van der Waals surface area contributed by atoms with E-state index in [-0.39, 0.29) is 12.0 Å². The van der Waals surface area contributed by atoms with Crippen molar-refractivity contribution in [3.05, 3.63) is 0 Å². The number of hydrogen-bond donors (Lipinski definition) is 0. The van der Waals surface area contributed by atoms with Crippen molar-refractivity contribution in [1.82, 2.24) is 0 Å². The Morgan fingerprint density at radius 1 is 1.44 bits per heavy atom. The molecule has 1 aliphatic rings. The van der Waals surface area contributed by atoms with E-state index < -0.39 is 18.0 Å². The van der Waals surface area contributed by atoms with Crippen LogP contribution in [0.2, 0.25) is 0 Å². The lowest BCUT2D eigenvalue weighted by Gasteiger charge is -2.40. The zero-order valence-electron chi connectivity index (χ0n) is 9.15. The van der Waals surface area contributed by atoms with Gasteiger partial charge in [-0.05, 0) is 6.42 Å². The third-order valence-electron chi connectivity index (χ3n) is 2.73. The average molecular weight is 261 g/mol. The van der Waals surface area contributed by atoms with Crippen LogP contribution in [-0.4, -0.2) is 38.0 Å². The van der Waals surface area contributed by atoms with Crippen molar-refractivity contribution in [3.63, 3.8) is 0 Å². The molecule has 0 spiro atoms. The molecule has 1 aliphatic heterocycles. The molecule has 0 saturated carbocycles. The Bertz CT molecular complexity index is 211. The van der Waals surface area contributed by atoms with Crippen molar-refractivity contribution in [2.24, 2.45) is 5.41 Å². The molecule has 0 aromatic rings. The predicted molar refractivity (Wildman–Crippen MR) is 54.7 cm³/mol. The molecule has 0 aromatic heterocycles. The van der Waals surface area contributed by atoms with E-state index in [4.69, 9.17) is 21.1 Å². The fourth-order valence-corrected chi connectivity index (χ4v) is 1.76. The van der Waals surface area contributed by atoms with Crippen molar-refractivity contribution >= 4 is 11.6 Å². The van der Waals surface area contributed by atoms with E-state index in [2.05, 4.69) is 0 Å². The minimum Gasteiger partial charge on any atom is -0.380 e. The van der Waals surface area contributed by atoms with E-state index in [1.54, 1.807) is 0 Å². The zero-order valence-corrected chi connectivity index (χ0v) is 9.90. The topological polar surface area (TPSA) is 18.5 Å². The lowest BCUT2D eigenvalue weighted by atomic mass is 9.84. The Morgan fingerprint density at radius 2 is 2.06 bits per heavy atom. The van der Waals surface area contributed by atoms with Crippen molar-refractivity contribution in [2.75, 3.05) is 26.4 Å². The molecular weight excluding hydrogens is 245 g/mol. The van der Waals surface area contributed by atoms with Gasteiger partial charge in [0.15, 0.2) is 0 Å². The van der Waals surface area contributed by atoms with Crippen LogP contribution < -0.4 is 0 Å². The van der Waals surface area contributed by atoms with Crippen LogP contribution in [0.5, 0.6) is 0 Å². The fraction of sp³-hybridized carbons (Fsp3) is 1.00. The molecule has 96 valence electrons. The summed E-state index contributed by atoms with van der Waals surface area (Å²) in [4.78, 5) is 0. The number of ether oxygens (including phenoxy) is 2. The number of hydrogen-bond acceptors (Lipinski definition) is 2. The normalized spacial score (nSPS) is 21.6. The second-order valence-corrected chi connectivity index (χ2v) is 4.90. The molecule has 1 saturated heterocycles. The first kappa shape index (κ1) is 14.1. The Labute approximate surface area is 98.0 Å². The third-order valence-corrected chi connectivity index (χ3v) is 3.01. The molecule has 6 heteroatoms. The van der Waals surface area contributed by atoms with Gasteiger partial charge in [-0.25, -0.2) is 0 Å². The van der Waals surface area contributed by atoms with Crippen LogP contribution >= 0.6 is 11.6 Å². The standard InChI is InChI=1S/C10H16ClF3O2/c1-2-9(6-16-7-9)5-15-4-8(11)3-10(12,13)14/h8H,2-7H2,1H3. The quantitative estimate of drug-likeness (QED) is 0.684. The largest absolute Gasteiger partial charge is 0.390 e. The van der Waals surface area contributed by atoms with Gasteiger partial charge in [-0.2, -0.15) is 13.2 Å². The molecule has 0 aliphatic carbocycles. The van der Waals surface area contributed by atoms with Crippen LogP contribution in [0.1, 0.15) is 19.8 Å². The molecule has 0 radical (unpaired) electrons. The Kier molecular flexibility index (Phi) is 4.88. The predicted octanol–water partition coefficient (Wildman–Crippen LogP) is 2.99. The van der Waals surface area contributed by atoms with Gasteiger partial charge in [-0.3, -0.25) is 0 Å². The van der Waals surface area contributed by atoms with Crippen LogP contribution in [0.3, 0.4) is 0 Å². The summed E-state index contributed by atoms with van der Waals surface area (Å²) >= 11 is 5.52. The van der Waals surface area contributed by atoms with Crippen LogP contribution in [0.4, 0.5) is 13.2 Å². The SMILES string of the molecule is CCC1(COCC(Cl)CC(F)(F)F)COC1. The molecule has 2 nitrogen and oxygen atoms in total. The summed E-state index contributed by atoms with van der Waals surface area (Å²) in [5, 5.41) is -1.00. The van der Waals surface area contributed by atoms with Gasteiger partial charge < -0.3 is 9.47 Å². The van der Waals surface area contributed by atoms with Gasteiger partial charge in [0.1, 0.15) is 0 Å². The van der Waals surface area contributed by atoms with Gasteiger partial charge in [-0.1, -0.05) is 6.92 Å². The molecule has 0 aromatic carbocycles. The molecular formula is C10H16ClF3O2. The van der Waals surface area contributed by atoms with E-state index >= 15 is 0 Å². The molecule has 1 fully saturated rings. The maximum Gasteiger partial charge on any atom is 0.390 e. The summed E-state index contributed by atoms with van der Waals surface area (Å²) in [7, 11) is 0. The number of alkyl halides is 4. The van der Waals surface area contributed by atoms with E-state index in [0.717, 1.165) is 6.42 Å². The first-order valence-electron chi connectivity index (χ1n) is 5.23. The summed E-state index contributed by atoms with van der Waals surface area (Å²) in [6.45, 7) is 3.61. The maximum absolute atomic E-state index is 12.0. The second kappa shape index (κ2) is 5.56. The van der Waals surface area contributed by atoms with Crippen molar-refractivity contribution in [2.45, 2.75) is 31.3 Å². The van der Waals surface area contributed by atoms with Crippen LogP contribution in [0.25, 0.3) is 0 Å². The minimum absolute atomic E-state index is 0.00512. The molecule has 0 amide bonds. The highest BCUT2D eigenvalue weighted by atomic mass is 35.5. The average Bonchev–Trinajstić information content (AvgIpc) is 2.06. The van der Waals surface area contributed by atoms with Crippen LogP contribution in [0.15, 0.2) is 0 Å². The summed E-state index contributed by atoms with van der Waals surface area (Å²) in [6.07, 6.45) is -4.33. The van der Waals surface area contributed by atoms with E-state index in [9.17, 15) is 13.2 Å². The molecule has 16 heavy (non-hydrogen) atoms. The minimum atomic E-state index is -4.22. The molecule has 1 atom stereocenters. The van der Waals surface area contributed by atoms with Gasteiger partial charge in [-0.15, -0.1) is 11.6 Å². The number of rotatable bonds is 6. The smallest absolute Gasteiger partial charge is 0.380 e. The highest BCUT2D eigenvalue weighted by Gasteiger charge is 2.37. The van der Waals surface area contributed by atoms with Gasteiger partial charge in [0.25, 0.3) is 0 Å². The van der Waals surface area contributed by atoms with Crippen molar-refractivity contribution in [1.29, 1.82) is 0 Å². The summed E-state index contributed by atoms with van der Waals surface area (Å²) in [5.74, 6) is 0. The van der Waals surface area contributed by atoms with E-state index in [1.807, 2.05) is 6.92 Å². The zero-order chi connectivity index (χ0) is 12.2. The van der Waals surface area contributed by atoms with Gasteiger partial charge in [0.05, 0.1) is 38.2 Å². The number of halogens is 4. The highest BCUT2D eigenvalue weighted by molar-refractivity contribution is 6.20. The Balaban J connectivity index is 2.15. The van der Waals surface area contributed by atoms with Crippen LogP contribution in [-0.2, 0) is 9.47 Å². The van der Waals surface area contributed by atoms with Crippen molar-refractivity contribution in [3.8, 4) is 0 Å². The maximum atomic E-state index is 12.0. The Morgan fingerprint density at radius 3 is 2.44 bits per heavy atom. The Hall–Kier alpha value is -0.0000000000000000486. The van der Waals surface area contributed by atoms with Gasteiger partial charge >= 0.3 is 6.18 Å². The molecule has 1 unspecified atom stereocenters. The molecule has 1 rings (SSSR count). The van der Waals surface area contributed by atoms with Crippen LogP contribution in [0, 0.1) is 5.41 Å². The van der Waals surface area contributed by atoms with Gasteiger partial charge in [0.2, 0.25) is 0 Å². The van der Waals surface area contributed by atoms with Crippen molar-refractivity contribution < 1.29 is 22.6 Å². The lowest BCUT2D eigenvalue weighted by Crippen LogP contribution is -2.46. The molecule has 0 bridgehead atoms. The monoisotopic (exact) mass is 260 g/mol. The third kappa shape index (κ3) is 4.47. The highest BCUT2D eigenvalue weighted by Crippen LogP contribution is 2.32. The summed E-state index contributed by atoms with van der Waals surface area (Å²) in [5.41, 5.74) is -0.00512. The summed E-state index contributed by atoms with van der Waals surface area (Å²) in [6, 6.07) is 0. The lowest BCUT2D eigenvalue weighted by molar-refractivity contribution is -0.156. The van der Waals surface area contributed by atoms with Gasteiger partial charge in [0, 0.05) is 5.41 Å². The van der Waals surface area contributed by atoms with E-state index in [1.165, 1.54) is 0 Å². The molecule has 0 N–H and O–H groups in total. The van der Waals surface area contributed by atoms with E-state index in [0.29, 0.717) is 19.8 Å². The first-order valence-corrected chi connectivity index (χ1v) is 5.67. The fourth-order valence-electron chi connectivity index (χ4n) is 1.49. The summed E-state index contributed by atoms with van der Waals surface area (Å²) < 4.78 is 46.2. The first-order chi connectivity index (χ1) is 7.37.